The highest BCUT2D eigenvalue weighted by Gasteiger charge is 2.16. The van der Waals surface area contributed by atoms with E-state index in [0.29, 0.717) is 29.5 Å². The summed E-state index contributed by atoms with van der Waals surface area (Å²) < 4.78 is 11.1. The Balaban J connectivity index is 3.05. The molecule has 110 valence electrons. The van der Waals surface area contributed by atoms with Gasteiger partial charge in [-0.25, -0.2) is 0 Å². The third-order valence-corrected chi connectivity index (χ3v) is 3.05. The lowest BCUT2D eigenvalue weighted by Gasteiger charge is -2.18. The van der Waals surface area contributed by atoms with Crippen LogP contribution >= 0.6 is 11.6 Å². The Morgan fingerprint density at radius 1 is 1.40 bits per heavy atom. The molecule has 1 rings (SSSR count). The van der Waals surface area contributed by atoms with Gasteiger partial charge in [-0.15, -0.1) is 0 Å². The van der Waals surface area contributed by atoms with Crippen LogP contribution < -0.4 is 14.8 Å². The lowest BCUT2D eigenvalue weighted by molar-refractivity contribution is 0.236. The third-order valence-electron chi connectivity index (χ3n) is 2.83. The monoisotopic (exact) mass is 296 g/mol. The van der Waals surface area contributed by atoms with Gasteiger partial charge in [-0.2, -0.15) is 5.26 Å². The zero-order valence-electron chi connectivity index (χ0n) is 12.2. The Hall–Kier alpha value is -1.44. The fourth-order valence-corrected chi connectivity index (χ4v) is 2.01. The average molecular weight is 297 g/mol. The number of ether oxygens (including phenoxy) is 2. The number of nitriles is 1. The van der Waals surface area contributed by atoms with Gasteiger partial charge >= 0.3 is 0 Å². The van der Waals surface area contributed by atoms with Crippen LogP contribution in [0, 0.1) is 11.3 Å². The van der Waals surface area contributed by atoms with Gasteiger partial charge in [-0.1, -0.05) is 25.4 Å². The molecule has 0 aliphatic heterocycles. The van der Waals surface area contributed by atoms with Crippen LogP contribution in [0.15, 0.2) is 12.1 Å². The van der Waals surface area contributed by atoms with E-state index in [4.69, 9.17) is 26.3 Å². The van der Waals surface area contributed by atoms with Crippen molar-refractivity contribution < 1.29 is 9.47 Å². The van der Waals surface area contributed by atoms with E-state index < -0.39 is 6.10 Å². The van der Waals surface area contributed by atoms with E-state index in [1.165, 1.54) is 0 Å². The van der Waals surface area contributed by atoms with Gasteiger partial charge in [0, 0.05) is 23.2 Å². The highest BCUT2D eigenvalue weighted by Crippen LogP contribution is 2.35. The van der Waals surface area contributed by atoms with E-state index in [2.05, 4.69) is 18.3 Å². The van der Waals surface area contributed by atoms with E-state index >= 15 is 0 Å². The molecule has 1 aromatic carbocycles. The maximum absolute atomic E-state index is 9.05. The van der Waals surface area contributed by atoms with Crippen LogP contribution in [0.3, 0.4) is 0 Å². The van der Waals surface area contributed by atoms with Crippen molar-refractivity contribution in [2.24, 2.45) is 0 Å². The van der Waals surface area contributed by atoms with Crippen LogP contribution in [0.2, 0.25) is 5.02 Å². The van der Waals surface area contributed by atoms with Gasteiger partial charge in [-0.05, 0) is 25.5 Å². The summed E-state index contributed by atoms with van der Waals surface area (Å²) in [4.78, 5) is 0. The molecule has 0 amide bonds. The molecule has 0 radical (unpaired) electrons. The van der Waals surface area contributed by atoms with Crippen LogP contribution in [0.5, 0.6) is 11.5 Å². The summed E-state index contributed by atoms with van der Waals surface area (Å²) in [6, 6.07) is 5.67. The Kier molecular flexibility index (Phi) is 7.21. The summed E-state index contributed by atoms with van der Waals surface area (Å²) in [5.41, 5.74) is 0.900. The maximum Gasteiger partial charge on any atom is 0.184 e. The Labute approximate surface area is 125 Å². The van der Waals surface area contributed by atoms with Gasteiger partial charge in [0.05, 0.1) is 7.11 Å². The molecular weight excluding hydrogens is 276 g/mol. The molecule has 1 unspecified atom stereocenters. The first-order valence-corrected chi connectivity index (χ1v) is 7.17. The number of hydrogen-bond acceptors (Lipinski definition) is 4. The SMILES string of the molecule is CCCNCc1cc(Cl)cc(OC)c1OC(C#N)CC. The van der Waals surface area contributed by atoms with Crippen molar-refractivity contribution >= 4 is 11.6 Å². The third kappa shape index (κ3) is 4.59. The second kappa shape index (κ2) is 8.68. The molecule has 0 fully saturated rings. The fourth-order valence-electron chi connectivity index (χ4n) is 1.78. The highest BCUT2D eigenvalue weighted by molar-refractivity contribution is 6.30. The van der Waals surface area contributed by atoms with Gasteiger partial charge in [0.25, 0.3) is 0 Å². The minimum absolute atomic E-state index is 0.491. The topological polar surface area (TPSA) is 54.3 Å². The van der Waals surface area contributed by atoms with Gasteiger partial charge < -0.3 is 14.8 Å². The summed E-state index contributed by atoms with van der Waals surface area (Å²) in [6.45, 7) is 5.54. The smallest absolute Gasteiger partial charge is 0.184 e. The zero-order chi connectivity index (χ0) is 15.0. The van der Waals surface area contributed by atoms with Crippen molar-refractivity contribution in [3.63, 3.8) is 0 Å². The lowest BCUT2D eigenvalue weighted by Crippen LogP contribution is -2.18. The number of hydrogen-bond donors (Lipinski definition) is 1. The molecule has 0 spiro atoms. The Morgan fingerprint density at radius 3 is 2.70 bits per heavy atom. The van der Waals surface area contributed by atoms with E-state index in [9.17, 15) is 0 Å². The first kappa shape index (κ1) is 16.6. The van der Waals surface area contributed by atoms with E-state index in [1.54, 1.807) is 13.2 Å². The molecule has 1 aromatic rings. The van der Waals surface area contributed by atoms with E-state index in [0.717, 1.165) is 18.5 Å². The Bertz CT molecular complexity index is 472. The molecule has 0 saturated heterocycles. The number of halogens is 1. The van der Waals surface area contributed by atoms with Crippen molar-refractivity contribution in [3.05, 3.63) is 22.7 Å². The summed E-state index contributed by atoms with van der Waals surface area (Å²) in [5, 5.41) is 12.9. The molecule has 0 aliphatic carbocycles. The van der Waals surface area contributed by atoms with Crippen molar-refractivity contribution in [1.29, 1.82) is 5.26 Å². The van der Waals surface area contributed by atoms with Gasteiger partial charge in [-0.3, -0.25) is 0 Å². The van der Waals surface area contributed by atoms with Crippen LogP contribution in [0.1, 0.15) is 32.3 Å². The minimum atomic E-state index is -0.491. The van der Waals surface area contributed by atoms with Crippen LogP contribution in [0.4, 0.5) is 0 Å². The summed E-state index contributed by atoms with van der Waals surface area (Å²) >= 11 is 6.09. The quantitative estimate of drug-likeness (QED) is 0.746. The van der Waals surface area contributed by atoms with Crippen molar-refractivity contribution in [2.75, 3.05) is 13.7 Å². The highest BCUT2D eigenvalue weighted by atomic mass is 35.5. The molecule has 4 nitrogen and oxygen atoms in total. The molecular formula is C15H21ClN2O2. The Morgan fingerprint density at radius 2 is 2.15 bits per heavy atom. The van der Waals surface area contributed by atoms with E-state index in [-0.39, 0.29) is 0 Å². The zero-order valence-corrected chi connectivity index (χ0v) is 13.0. The first-order valence-electron chi connectivity index (χ1n) is 6.79. The second-order valence-electron chi connectivity index (χ2n) is 4.42. The first-order chi connectivity index (χ1) is 9.65. The second-order valence-corrected chi connectivity index (χ2v) is 4.85. The largest absolute Gasteiger partial charge is 0.493 e. The molecule has 0 saturated carbocycles. The summed E-state index contributed by atoms with van der Waals surface area (Å²) in [7, 11) is 1.56. The molecule has 0 aliphatic rings. The predicted octanol–water partition coefficient (Wildman–Crippen LogP) is 3.53. The number of benzene rings is 1. The molecule has 5 heteroatoms. The van der Waals surface area contributed by atoms with E-state index in [1.807, 2.05) is 13.0 Å². The van der Waals surface area contributed by atoms with Gasteiger partial charge in [0.1, 0.15) is 6.07 Å². The van der Waals surface area contributed by atoms with Crippen molar-refractivity contribution in [2.45, 2.75) is 39.3 Å². The lowest BCUT2D eigenvalue weighted by atomic mass is 10.1. The van der Waals surface area contributed by atoms with Crippen LogP contribution in [-0.4, -0.2) is 19.8 Å². The maximum atomic E-state index is 9.05. The molecule has 0 bridgehead atoms. The molecule has 1 N–H and O–H groups in total. The number of nitrogens with one attached hydrogen (secondary N) is 1. The standard InChI is InChI=1S/C15H21ClN2O2/c1-4-6-18-10-11-7-12(16)8-14(19-3)15(11)20-13(5-2)9-17/h7-8,13,18H,4-6,10H2,1-3H3. The van der Waals surface area contributed by atoms with Crippen LogP contribution in [-0.2, 0) is 6.54 Å². The molecule has 0 aromatic heterocycles. The minimum Gasteiger partial charge on any atom is -0.493 e. The number of methoxy groups -OCH3 is 1. The van der Waals surface area contributed by atoms with Crippen molar-refractivity contribution in [1.82, 2.24) is 5.32 Å². The summed E-state index contributed by atoms with van der Waals surface area (Å²) in [6.07, 6.45) is 1.17. The molecule has 0 heterocycles. The normalized spacial score (nSPS) is 11.8. The predicted molar refractivity (Wildman–Crippen MR) is 80.3 cm³/mol. The van der Waals surface area contributed by atoms with Crippen molar-refractivity contribution in [3.8, 4) is 17.6 Å². The fraction of sp³-hybridized carbons (Fsp3) is 0.533. The average Bonchev–Trinajstić information content (AvgIpc) is 2.46. The summed E-state index contributed by atoms with van der Waals surface area (Å²) in [5.74, 6) is 1.15. The van der Waals surface area contributed by atoms with Gasteiger partial charge in [0.15, 0.2) is 17.6 Å². The molecule has 20 heavy (non-hydrogen) atoms. The number of nitrogens with zero attached hydrogens (tertiary/aromatic N) is 1. The van der Waals surface area contributed by atoms with Gasteiger partial charge in [0.2, 0.25) is 0 Å². The number of rotatable bonds is 8. The molecule has 1 atom stereocenters. The van der Waals surface area contributed by atoms with Crippen LogP contribution in [0.25, 0.3) is 0 Å².